The summed E-state index contributed by atoms with van der Waals surface area (Å²) in [5, 5.41) is 3.63. The molecule has 2 aromatic carbocycles. The summed E-state index contributed by atoms with van der Waals surface area (Å²) in [6, 6.07) is 11.2. The number of hydrogen-bond donors (Lipinski definition) is 1. The Bertz CT molecular complexity index is 1230. The van der Waals surface area contributed by atoms with E-state index in [9.17, 15) is 13.6 Å². The van der Waals surface area contributed by atoms with Crippen LogP contribution in [0.25, 0.3) is 11.0 Å². The van der Waals surface area contributed by atoms with Gasteiger partial charge in [0.15, 0.2) is 0 Å². The Morgan fingerprint density at radius 2 is 1.77 bits per heavy atom. The van der Waals surface area contributed by atoms with Crippen LogP contribution in [0.2, 0.25) is 10.0 Å². The molecule has 4 rings (SSSR count). The van der Waals surface area contributed by atoms with Gasteiger partial charge >= 0.3 is 0 Å². The molecule has 0 bridgehead atoms. The van der Waals surface area contributed by atoms with Gasteiger partial charge in [0, 0.05) is 12.3 Å². The third kappa shape index (κ3) is 5.00. The van der Waals surface area contributed by atoms with Gasteiger partial charge in [0.2, 0.25) is 5.91 Å². The van der Waals surface area contributed by atoms with Gasteiger partial charge in [0.1, 0.15) is 18.2 Å². The smallest absolute Gasteiger partial charge is 0.240 e. The molecule has 0 aliphatic rings. The number of carbonyl (C=O) groups excluding carboxylic acids is 1. The lowest BCUT2D eigenvalue weighted by molar-refractivity contribution is -0.122. The van der Waals surface area contributed by atoms with Crippen LogP contribution >= 0.6 is 23.2 Å². The van der Waals surface area contributed by atoms with E-state index >= 15 is 0 Å². The van der Waals surface area contributed by atoms with Crippen molar-refractivity contribution in [2.45, 2.75) is 19.0 Å². The van der Waals surface area contributed by atoms with Crippen molar-refractivity contribution < 1.29 is 13.6 Å². The van der Waals surface area contributed by atoms with E-state index in [0.717, 1.165) is 6.07 Å². The Labute approximate surface area is 186 Å². The van der Waals surface area contributed by atoms with Gasteiger partial charge in [-0.1, -0.05) is 29.3 Å². The van der Waals surface area contributed by atoms with Gasteiger partial charge < -0.3 is 9.88 Å². The largest absolute Gasteiger partial charge is 0.346 e. The molecule has 0 spiro atoms. The first-order chi connectivity index (χ1) is 14.9. The average molecular weight is 461 g/mol. The van der Waals surface area contributed by atoms with Gasteiger partial charge in [-0.05, 0) is 48.4 Å². The molecule has 4 aromatic rings. The van der Waals surface area contributed by atoms with Crippen molar-refractivity contribution in [3.8, 4) is 0 Å². The second kappa shape index (κ2) is 8.99. The summed E-state index contributed by atoms with van der Waals surface area (Å²) in [5.41, 5.74) is 2.25. The highest BCUT2D eigenvalue weighted by Gasteiger charge is 2.18. The molecule has 31 heavy (non-hydrogen) atoms. The average Bonchev–Trinajstić information content (AvgIpc) is 3.09. The van der Waals surface area contributed by atoms with Crippen LogP contribution in [0.3, 0.4) is 0 Å². The van der Waals surface area contributed by atoms with E-state index in [-0.39, 0.29) is 18.9 Å². The van der Waals surface area contributed by atoms with Crippen molar-refractivity contribution in [1.82, 2.24) is 19.9 Å². The third-order valence-corrected chi connectivity index (χ3v) is 5.44. The lowest BCUT2D eigenvalue weighted by atomic mass is 10.0. The third-order valence-electron chi connectivity index (χ3n) is 4.72. The fraction of sp³-hybridized carbons (Fsp3) is 0.136. The van der Waals surface area contributed by atoms with Crippen LogP contribution in [0.1, 0.15) is 17.3 Å². The summed E-state index contributed by atoms with van der Waals surface area (Å²) < 4.78 is 28.9. The number of amides is 1. The van der Waals surface area contributed by atoms with Crippen LogP contribution in [0.4, 0.5) is 8.78 Å². The topological polar surface area (TPSA) is 59.8 Å². The first kappa shape index (κ1) is 21.2. The van der Waals surface area contributed by atoms with Gasteiger partial charge in [0.25, 0.3) is 0 Å². The lowest BCUT2D eigenvalue weighted by Crippen LogP contribution is -2.33. The second-order valence-electron chi connectivity index (χ2n) is 6.98. The molecule has 1 atom stereocenters. The van der Waals surface area contributed by atoms with Crippen molar-refractivity contribution in [2.75, 3.05) is 0 Å². The number of nitrogens with one attached hydrogen (secondary N) is 1. The highest BCUT2D eigenvalue weighted by molar-refractivity contribution is 6.42. The number of pyridine rings is 1. The van der Waals surface area contributed by atoms with Crippen LogP contribution < -0.4 is 5.32 Å². The molecule has 0 aliphatic heterocycles. The zero-order valence-corrected chi connectivity index (χ0v) is 17.5. The molecule has 1 N–H and O–H groups in total. The number of carbonyl (C=O) groups is 1. The van der Waals surface area contributed by atoms with Crippen molar-refractivity contribution in [3.63, 3.8) is 0 Å². The molecule has 1 amide bonds. The first-order valence-electron chi connectivity index (χ1n) is 9.34. The summed E-state index contributed by atoms with van der Waals surface area (Å²) in [5.74, 6) is -1.68. The molecule has 2 aromatic heterocycles. The molecular formula is C22H16Cl2F2N4O. The summed E-state index contributed by atoms with van der Waals surface area (Å²) >= 11 is 12.1. The number of benzene rings is 2. The van der Waals surface area contributed by atoms with Crippen LogP contribution in [-0.2, 0) is 17.8 Å². The zero-order valence-electron chi connectivity index (χ0n) is 16.0. The number of halogens is 4. The maximum absolute atomic E-state index is 13.6. The minimum atomic E-state index is -0.679. The molecule has 1 unspecified atom stereocenters. The van der Waals surface area contributed by atoms with E-state index < -0.39 is 17.7 Å². The van der Waals surface area contributed by atoms with Gasteiger partial charge in [-0.15, -0.1) is 0 Å². The minimum absolute atomic E-state index is 0.0324. The predicted molar refractivity (Wildman–Crippen MR) is 115 cm³/mol. The molecule has 9 heteroatoms. The predicted octanol–water partition coefficient (Wildman–Crippen LogP) is 5.12. The molecule has 0 fully saturated rings. The van der Waals surface area contributed by atoms with E-state index in [4.69, 9.17) is 23.2 Å². The van der Waals surface area contributed by atoms with E-state index in [1.54, 1.807) is 41.1 Å². The molecule has 158 valence electrons. The first-order valence-corrected chi connectivity index (χ1v) is 10.1. The Morgan fingerprint density at radius 1 is 1.03 bits per heavy atom. The zero-order chi connectivity index (χ0) is 22.0. The van der Waals surface area contributed by atoms with Crippen molar-refractivity contribution in [1.29, 1.82) is 0 Å². The highest BCUT2D eigenvalue weighted by atomic mass is 35.5. The number of fused-ring (bicyclic) bond motifs is 1. The van der Waals surface area contributed by atoms with Crippen molar-refractivity contribution >= 4 is 40.1 Å². The summed E-state index contributed by atoms with van der Waals surface area (Å²) in [4.78, 5) is 21.3. The molecule has 0 saturated carbocycles. The Kier molecular flexibility index (Phi) is 6.15. The van der Waals surface area contributed by atoms with E-state index in [1.165, 1.54) is 18.5 Å². The normalized spacial score (nSPS) is 12.1. The number of nitrogens with zero attached hydrogens (tertiary/aromatic N) is 3. The fourth-order valence-electron chi connectivity index (χ4n) is 3.35. The molecule has 0 radical (unpaired) electrons. The maximum Gasteiger partial charge on any atom is 0.240 e. The molecule has 0 saturated heterocycles. The van der Waals surface area contributed by atoms with Gasteiger partial charge in [-0.3, -0.25) is 9.78 Å². The number of rotatable bonds is 6. The Morgan fingerprint density at radius 3 is 2.48 bits per heavy atom. The monoisotopic (exact) mass is 460 g/mol. The minimum Gasteiger partial charge on any atom is -0.346 e. The molecule has 2 heterocycles. The van der Waals surface area contributed by atoms with Gasteiger partial charge in [-0.25, -0.2) is 13.8 Å². The van der Waals surface area contributed by atoms with E-state index in [0.29, 0.717) is 32.3 Å². The number of imidazole rings is 1. The number of aromatic nitrogens is 3. The summed E-state index contributed by atoms with van der Waals surface area (Å²) in [7, 11) is 0. The van der Waals surface area contributed by atoms with E-state index in [2.05, 4.69) is 15.3 Å². The van der Waals surface area contributed by atoms with Crippen molar-refractivity contribution in [3.05, 3.63) is 94.0 Å². The maximum atomic E-state index is 13.6. The quantitative estimate of drug-likeness (QED) is 0.434. The molecule has 5 nitrogen and oxygen atoms in total. The fourth-order valence-corrected chi connectivity index (χ4v) is 3.67. The summed E-state index contributed by atoms with van der Waals surface area (Å²) in [6.45, 7) is -0.0324. The van der Waals surface area contributed by atoms with Crippen LogP contribution in [0.5, 0.6) is 0 Å². The van der Waals surface area contributed by atoms with Crippen LogP contribution in [0.15, 0.2) is 61.1 Å². The van der Waals surface area contributed by atoms with Crippen LogP contribution in [-0.4, -0.2) is 20.4 Å². The Hall–Kier alpha value is -3.03. The van der Waals surface area contributed by atoms with Gasteiger partial charge in [-0.2, -0.15) is 0 Å². The SMILES string of the molecule is O=C(Cn1cnc2cc(Cl)c(Cl)cc21)NC(Cc1cc(F)cc(F)c1)c1ccccn1. The van der Waals surface area contributed by atoms with Gasteiger partial charge in [0.05, 0.1) is 39.1 Å². The summed E-state index contributed by atoms with van der Waals surface area (Å²) in [6.07, 6.45) is 3.29. The highest BCUT2D eigenvalue weighted by Crippen LogP contribution is 2.27. The number of hydrogen-bond acceptors (Lipinski definition) is 3. The second-order valence-corrected chi connectivity index (χ2v) is 7.80. The standard InChI is InChI=1S/C22H16Cl2F2N4O/c23-16-9-20-21(10-17(16)24)30(12-28-20)11-22(31)29-19(18-3-1-2-4-27-18)7-13-5-14(25)8-15(26)6-13/h1-6,8-10,12,19H,7,11H2,(H,29,31). The lowest BCUT2D eigenvalue weighted by Gasteiger charge is -2.19. The molecular weight excluding hydrogens is 445 g/mol. The van der Waals surface area contributed by atoms with Crippen LogP contribution in [0, 0.1) is 11.6 Å². The Balaban J connectivity index is 1.57. The molecule has 0 aliphatic carbocycles. The van der Waals surface area contributed by atoms with Crippen molar-refractivity contribution in [2.24, 2.45) is 0 Å². The van der Waals surface area contributed by atoms with E-state index in [1.807, 2.05) is 0 Å².